The molecule has 1 aromatic rings. The first-order valence-electron chi connectivity index (χ1n) is 5.77. The minimum absolute atomic E-state index is 0.0177. The summed E-state index contributed by atoms with van der Waals surface area (Å²) < 4.78 is 0. The average Bonchev–Trinajstić information content (AvgIpc) is 3.11. The van der Waals surface area contributed by atoms with Crippen LogP contribution in [0.2, 0.25) is 5.02 Å². The Hall–Kier alpha value is -0.730. The summed E-state index contributed by atoms with van der Waals surface area (Å²) in [4.78, 5) is 13.8. The van der Waals surface area contributed by atoms with E-state index in [2.05, 4.69) is 0 Å². The molecule has 2 nitrogen and oxygen atoms in total. The first kappa shape index (κ1) is 12.7. The van der Waals surface area contributed by atoms with Crippen LogP contribution in [-0.2, 0) is 11.3 Å². The maximum Gasteiger partial charge on any atom is 0.240 e. The highest BCUT2D eigenvalue weighted by molar-refractivity contribution is 6.30. The van der Waals surface area contributed by atoms with Gasteiger partial charge in [-0.15, -0.1) is 11.6 Å². The first-order valence-corrected chi connectivity index (χ1v) is 6.58. The van der Waals surface area contributed by atoms with Crippen LogP contribution in [0.1, 0.15) is 25.3 Å². The second kappa shape index (κ2) is 5.28. The third kappa shape index (κ3) is 3.36. The number of nitrogens with zero attached hydrogens (tertiary/aromatic N) is 1. The van der Waals surface area contributed by atoms with Gasteiger partial charge in [0.15, 0.2) is 0 Å². The highest BCUT2D eigenvalue weighted by atomic mass is 35.5. The molecule has 4 heteroatoms. The summed E-state index contributed by atoms with van der Waals surface area (Å²) in [6, 6.07) is 7.96. The second-order valence-corrected chi connectivity index (χ2v) is 5.53. The van der Waals surface area contributed by atoms with Gasteiger partial charge in [0.2, 0.25) is 5.91 Å². The summed E-state index contributed by atoms with van der Waals surface area (Å²) in [6.45, 7) is 2.35. The molecule has 1 unspecified atom stereocenters. The van der Waals surface area contributed by atoms with Gasteiger partial charge >= 0.3 is 0 Å². The van der Waals surface area contributed by atoms with Gasteiger partial charge in [0.05, 0.1) is 0 Å². The smallest absolute Gasteiger partial charge is 0.240 e. The molecule has 2 rings (SSSR count). The van der Waals surface area contributed by atoms with Crippen molar-refractivity contribution >= 4 is 29.1 Å². The predicted octanol–water partition coefficient (Wildman–Crippen LogP) is 3.46. The number of carbonyl (C=O) groups excluding carboxylic acids is 1. The monoisotopic (exact) mass is 271 g/mol. The van der Waals surface area contributed by atoms with Gasteiger partial charge in [-0.05, 0) is 37.5 Å². The molecule has 1 aromatic carbocycles. The van der Waals surface area contributed by atoms with E-state index in [1.165, 1.54) is 0 Å². The van der Waals surface area contributed by atoms with Crippen molar-refractivity contribution in [2.24, 2.45) is 0 Å². The molecule has 0 saturated heterocycles. The molecule has 0 aliphatic heterocycles. The van der Waals surface area contributed by atoms with E-state index in [0.717, 1.165) is 18.4 Å². The molecule has 1 saturated carbocycles. The molecular weight excluding hydrogens is 257 g/mol. The summed E-state index contributed by atoms with van der Waals surface area (Å²) in [5.74, 6) is 0.0177. The van der Waals surface area contributed by atoms with Gasteiger partial charge in [-0.1, -0.05) is 23.7 Å². The molecule has 0 spiro atoms. The number of carbonyl (C=O) groups is 1. The Morgan fingerprint density at radius 1 is 1.41 bits per heavy atom. The predicted molar refractivity (Wildman–Crippen MR) is 70.3 cm³/mol. The van der Waals surface area contributed by atoms with Crippen LogP contribution in [0.15, 0.2) is 24.3 Å². The van der Waals surface area contributed by atoms with Crippen LogP contribution >= 0.6 is 23.2 Å². The molecule has 0 N–H and O–H groups in total. The Kier molecular flexibility index (Phi) is 3.95. The second-order valence-electron chi connectivity index (χ2n) is 4.44. The van der Waals surface area contributed by atoms with Crippen molar-refractivity contribution in [1.82, 2.24) is 4.90 Å². The summed E-state index contributed by atoms with van der Waals surface area (Å²) in [5.41, 5.74) is 1.09. The van der Waals surface area contributed by atoms with Crippen LogP contribution in [0, 0.1) is 0 Å². The zero-order valence-electron chi connectivity index (χ0n) is 9.70. The number of alkyl halides is 1. The number of benzene rings is 1. The van der Waals surface area contributed by atoms with Crippen molar-refractivity contribution in [2.75, 3.05) is 0 Å². The average molecular weight is 272 g/mol. The standard InChI is InChI=1S/C13H15Cl2NO/c1-9(14)13(17)16(12-6-7-12)8-10-2-4-11(15)5-3-10/h2-5,9,12H,6-8H2,1H3. The molecule has 0 heterocycles. The molecule has 1 aliphatic rings. The Bertz CT molecular complexity index is 398. The van der Waals surface area contributed by atoms with Gasteiger partial charge in [0.1, 0.15) is 5.38 Å². The van der Waals surface area contributed by atoms with Crippen LogP contribution in [0.4, 0.5) is 0 Å². The van der Waals surface area contributed by atoms with E-state index >= 15 is 0 Å². The first-order chi connectivity index (χ1) is 8.08. The van der Waals surface area contributed by atoms with Gasteiger partial charge in [-0.2, -0.15) is 0 Å². The molecule has 0 aromatic heterocycles. The van der Waals surface area contributed by atoms with E-state index in [1.807, 2.05) is 29.2 Å². The van der Waals surface area contributed by atoms with E-state index in [1.54, 1.807) is 6.92 Å². The zero-order chi connectivity index (χ0) is 12.4. The third-order valence-electron chi connectivity index (χ3n) is 2.88. The SMILES string of the molecule is CC(Cl)C(=O)N(Cc1ccc(Cl)cc1)C1CC1. The molecule has 1 amide bonds. The molecule has 1 fully saturated rings. The van der Waals surface area contributed by atoms with Crippen molar-refractivity contribution < 1.29 is 4.79 Å². The Morgan fingerprint density at radius 3 is 2.47 bits per heavy atom. The van der Waals surface area contributed by atoms with E-state index in [4.69, 9.17) is 23.2 Å². The Balaban J connectivity index is 2.07. The van der Waals surface area contributed by atoms with Gasteiger partial charge < -0.3 is 4.90 Å². The number of hydrogen-bond acceptors (Lipinski definition) is 1. The fourth-order valence-electron chi connectivity index (χ4n) is 1.79. The van der Waals surface area contributed by atoms with Crippen LogP contribution in [0.5, 0.6) is 0 Å². The zero-order valence-corrected chi connectivity index (χ0v) is 11.2. The summed E-state index contributed by atoms with van der Waals surface area (Å²) >= 11 is 11.7. The van der Waals surface area contributed by atoms with E-state index in [0.29, 0.717) is 17.6 Å². The molecule has 0 bridgehead atoms. The lowest BCUT2D eigenvalue weighted by Crippen LogP contribution is -2.36. The summed E-state index contributed by atoms with van der Waals surface area (Å²) in [6.07, 6.45) is 2.17. The van der Waals surface area contributed by atoms with E-state index in [-0.39, 0.29) is 5.91 Å². The van der Waals surface area contributed by atoms with Crippen molar-refractivity contribution in [3.8, 4) is 0 Å². The van der Waals surface area contributed by atoms with Crippen molar-refractivity contribution in [3.05, 3.63) is 34.9 Å². The highest BCUT2D eigenvalue weighted by Crippen LogP contribution is 2.29. The highest BCUT2D eigenvalue weighted by Gasteiger charge is 2.33. The van der Waals surface area contributed by atoms with Crippen molar-refractivity contribution in [3.63, 3.8) is 0 Å². The van der Waals surface area contributed by atoms with Crippen LogP contribution in [0.25, 0.3) is 0 Å². The fraction of sp³-hybridized carbons (Fsp3) is 0.462. The van der Waals surface area contributed by atoms with E-state index in [9.17, 15) is 4.79 Å². The van der Waals surface area contributed by atoms with Crippen LogP contribution < -0.4 is 0 Å². The van der Waals surface area contributed by atoms with Gasteiger partial charge in [0, 0.05) is 17.6 Å². The quantitative estimate of drug-likeness (QED) is 0.769. The lowest BCUT2D eigenvalue weighted by Gasteiger charge is -2.23. The molecule has 1 aliphatic carbocycles. The fourth-order valence-corrected chi connectivity index (χ4v) is 2.04. The molecule has 0 radical (unpaired) electrons. The minimum atomic E-state index is -0.456. The maximum atomic E-state index is 12.0. The normalized spacial score (nSPS) is 16.6. The lowest BCUT2D eigenvalue weighted by molar-refractivity contribution is -0.131. The van der Waals surface area contributed by atoms with E-state index < -0.39 is 5.38 Å². The number of rotatable bonds is 4. The molecular formula is C13H15Cl2NO. The number of hydrogen-bond donors (Lipinski definition) is 0. The summed E-state index contributed by atoms with van der Waals surface area (Å²) in [7, 11) is 0. The minimum Gasteiger partial charge on any atom is -0.334 e. The Labute approximate surface area is 112 Å². The van der Waals surface area contributed by atoms with Gasteiger partial charge in [-0.25, -0.2) is 0 Å². The number of halogens is 2. The Morgan fingerprint density at radius 2 is 2.00 bits per heavy atom. The van der Waals surface area contributed by atoms with Crippen molar-refractivity contribution in [1.29, 1.82) is 0 Å². The van der Waals surface area contributed by atoms with Crippen LogP contribution in [-0.4, -0.2) is 22.2 Å². The van der Waals surface area contributed by atoms with Crippen molar-refractivity contribution in [2.45, 2.75) is 37.7 Å². The topological polar surface area (TPSA) is 20.3 Å². The third-order valence-corrected chi connectivity index (χ3v) is 3.32. The maximum absolute atomic E-state index is 12.0. The lowest BCUT2D eigenvalue weighted by atomic mass is 10.2. The molecule has 92 valence electrons. The largest absolute Gasteiger partial charge is 0.334 e. The summed E-state index contributed by atoms with van der Waals surface area (Å²) in [5, 5.41) is 0.256. The molecule has 1 atom stereocenters. The van der Waals surface area contributed by atoms with Gasteiger partial charge in [0.25, 0.3) is 0 Å². The molecule has 17 heavy (non-hydrogen) atoms. The van der Waals surface area contributed by atoms with Crippen LogP contribution in [0.3, 0.4) is 0 Å². The van der Waals surface area contributed by atoms with Gasteiger partial charge in [-0.3, -0.25) is 4.79 Å². The number of amides is 1.